The molecule has 16 heteroatoms. The fourth-order valence-electron chi connectivity index (χ4n) is 6.70. The molecule has 1 atom stereocenters. The third-order valence-corrected chi connectivity index (χ3v) is 10.8. The average Bonchev–Trinajstić information content (AvgIpc) is 3.87. The van der Waals surface area contributed by atoms with Gasteiger partial charge in [-0.2, -0.15) is 31.9 Å². The van der Waals surface area contributed by atoms with Crippen molar-refractivity contribution in [1.29, 1.82) is 5.26 Å². The second kappa shape index (κ2) is 14.6. The van der Waals surface area contributed by atoms with Gasteiger partial charge in [-0.25, -0.2) is 18.8 Å². The van der Waals surface area contributed by atoms with E-state index in [2.05, 4.69) is 15.4 Å². The average molecular weight is 772 g/mol. The molecule has 55 heavy (non-hydrogen) atoms. The van der Waals surface area contributed by atoms with E-state index in [4.69, 9.17) is 0 Å². The van der Waals surface area contributed by atoms with Crippen LogP contribution < -0.4 is 11.0 Å². The van der Waals surface area contributed by atoms with Gasteiger partial charge in [0.2, 0.25) is 0 Å². The Balaban J connectivity index is 1.41. The topological polar surface area (TPSA) is 168 Å². The quantitative estimate of drug-likeness (QED) is 0.128. The first-order valence-electron chi connectivity index (χ1n) is 17.1. The smallest absolute Gasteiger partial charge is 0.360 e. The number of imidazole rings is 1. The Hall–Kier alpha value is -6.18. The van der Waals surface area contributed by atoms with E-state index >= 15 is 0 Å². The van der Waals surface area contributed by atoms with E-state index in [1.807, 2.05) is 19.9 Å². The number of carbonyl (C=O) groups is 1. The molecule has 0 unspecified atom stereocenters. The molecule has 3 N–H and O–H groups in total. The number of carbonyl (C=O) groups excluding carboxylic acids is 1. The minimum Gasteiger partial charge on any atom is -0.360 e. The van der Waals surface area contributed by atoms with Crippen molar-refractivity contribution in [3.63, 3.8) is 0 Å². The number of nitrogens with zero attached hydrogens (tertiary/aromatic N) is 5. The van der Waals surface area contributed by atoms with Gasteiger partial charge in [0.25, 0.3) is 10.1 Å². The zero-order valence-corrected chi connectivity index (χ0v) is 31.2. The molecule has 0 aliphatic heterocycles. The van der Waals surface area contributed by atoms with Crippen LogP contribution >= 0.6 is 0 Å². The van der Waals surface area contributed by atoms with Crippen molar-refractivity contribution < 1.29 is 30.9 Å². The van der Waals surface area contributed by atoms with E-state index in [0.29, 0.717) is 40.2 Å². The molecule has 0 aliphatic rings. The Morgan fingerprint density at radius 2 is 1.69 bits per heavy atom. The molecular weight excluding hydrogens is 736 g/mol. The van der Waals surface area contributed by atoms with Gasteiger partial charge in [0.05, 0.1) is 57.1 Å². The van der Waals surface area contributed by atoms with E-state index in [0.717, 1.165) is 32.4 Å². The molecule has 0 spiro atoms. The SMILES string of the molecule is CC[C@H](NC(=O)n1c(-c2ccnn2-c2ccc(C#N)cc2)c(C)n(-c2cccc(C(F)(F)F)c2)c1=O)c1ccc(Cc2cc(S(=O)(=O)O)c(C)c(C)c2C)[nH]1. The number of halogens is 3. The molecule has 284 valence electrons. The fraction of sp³-hybridized carbons (Fsp3) is 0.231. The van der Waals surface area contributed by atoms with Crippen molar-refractivity contribution in [2.75, 3.05) is 0 Å². The first-order chi connectivity index (χ1) is 25.9. The third kappa shape index (κ3) is 7.36. The number of hydrogen-bond acceptors (Lipinski definition) is 6. The van der Waals surface area contributed by atoms with Gasteiger partial charge in [-0.05, 0) is 123 Å². The monoisotopic (exact) mass is 771 g/mol. The lowest BCUT2D eigenvalue weighted by molar-refractivity contribution is -0.137. The summed E-state index contributed by atoms with van der Waals surface area (Å²) in [6, 6.07) is 17.7. The molecule has 3 aromatic carbocycles. The predicted octanol–water partition coefficient (Wildman–Crippen LogP) is 7.49. The Labute approximate surface area is 314 Å². The van der Waals surface area contributed by atoms with Gasteiger partial charge < -0.3 is 10.3 Å². The zero-order valence-electron chi connectivity index (χ0n) is 30.4. The second-order valence-electron chi connectivity index (χ2n) is 13.1. The normalized spacial score (nSPS) is 12.4. The lowest BCUT2D eigenvalue weighted by atomic mass is 9.96. The molecule has 6 aromatic rings. The number of alkyl halides is 3. The summed E-state index contributed by atoms with van der Waals surface area (Å²) in [6.45, 7) is 8.61. The molecule has 0 saturated carbocycles. The summed E-state index contributed by atoms with van der Waals surface area (Å²) in [5.41, 5.74) is 3.39. The van der Waals surface area contributed by atoms with Crippen molar-refractivity contribution in [1.82, 2.24) is 29.2 Å². The van der Waals surface area contributed by atoms with Crippen LogP contribution in [-0.4, -0.2) is 42.9 Å². The number of benzene rings is 3. The van der Waals surface area contributed by atoms with Gasteiger partial charge in [-0.3, -0.25) is 9.12 Å². The minimum atomic E-state index is -4.69. The van der Waals surface area contributed by atoms with Crippen molar-refractivity contribution in [3.8, 4) is 28.8 Å². The summed E-state index contributed by atoms with van der Waals surface area (Å²) < 4.78 is 78.7. The van der Waals surface area contributed by atoms with Crippen LogP contribution in [0.4, 0.5) is 18.0 Å². The highest BCUT2D eigenvalue weighted by Crippen LogP contribution is 2.33. The number of hydrogen-bond donors (Lipinski definition) is 3. The third-order valence-electron chi connectivity index (χ3n) is 9.84. The van der Waals surface area contributed by atoms with Crippen LogP contribution in [0.5, 0.6) is 0 Å². The number of H-pyrrole nitrogens is 1. The number of aromatic amines is 1. The molecule has 1 amide bonds. The van der Waals surface area contributed by atoms with E-state index in [1.165, 1.54) is 36.0 Å². The lowest BCUT2D eigenvalue weighted by Crippen LogP contribution is -2.39. The molecule has 12 nitrogen and oxygen atoms in total. The number of nitrogens with one attached hydrogen (secondary N) is 2. The fourth-order valence-corrected chi connectivity index (χ4v) is 7.53. The summed E-state index contributed by atoms with van der Waals surface area (Å²) in [4.78, 5) is 31.7. The highest BCUT2D eigenvalue weighted by molar-refractivity contribution is 7.85. The Morgan fingerprint density at radius 3 is 2.33 bits per heavy atom. The van der Waals surface area contributed by atoms with Gasteiger partial charge >= 0.3 is 17.9 Å². The molecule has 3 heterocycles. The molecular formula is C39H36F3N7O5S. The van der Waals surface area contributed by atoms with Gasteiger partial charge in [0, 0.05) is 17.8 Å². The van der Waals surface area contributed by atoms with E-state index in [9.17, 15) is 41.0 Å². The molecule has 0 radical (unpaired) electrons. The highest BCUT2D eigenvalue weighted by atomic mass is 32.2. The van der Waals surface area contributed by atoms with Crippen LogP contribution in [0.1, 0.15) is 69.8 Å². The maximum absolute atomic E-state index is 14.3. The second-order valence-corrected chi connectivity index (χ2v) is 14.5. The van der Waals surface area contributed by atoms with Crippen LogP contribution in [-0.2, 0) is 22.7 Å². The van der Waals surface area contributed by atoms with Crippen LogP contribution in [0.3, 0.4) is 0 Å². The standard InChI is InChI=1S/C39H36F3N7O5S/c1-6-32(33-15-12-29(45-33)18-27-19-35(55(52,53)54)24(4)22(2)23(27)3)46-37(50)48-36(34-16-17-44-49(34)30-13-10-26(21-43)11-14-30)25(5)47(38(48)51)31-9-7-8-28(20-31)39(40,41)42/h7-17,19-20,32,45H,6,18H2,1-5H3,(H,46,50)(H,52,53,54)/t32-/m0/s1. The predicted molar refractivity (Wildman–Crippen MR) is 198 cm³/mol. The zero-order chi connectivity index (χ0) is 40.0. The minimum absolute atomic E-state index is 0.0728. The highest BCUT2D eigenvalue weighted by Gasteiger charge is 2.32. The first-order valence-corrected chi connectivity index (χ1v) is 18.5. The van der Waals surface area contributed by atoms with Crippen LogP contribution in [0, 0.1) is 39.0 Å². The van der Waals surface area contributed by atoms with Crippen LogP contribution in [0.15, 0.2) is 88.7 Å². The van der Waals surface area contributed by atoms with Crippen LogP contribution in [0.2, 0.25) is 0 Å². The summed E-state index contributed by atoms with van der Waals surface area (Å²) >= 11 is 0. The van der Waals surface area contributed by atoms with E-state index in [1.54, 1.807) is 56.3 Å². The van der Waals surface area contributed by atoms with E-state index < -0.39 is 39.6 Å². The molecule has 3 aromatic heterocycles. The molecule has 6 rings (SSSR count). The maximum Gasteiger partial charge on any atom is 0.416 e. The van der Waals surface area contributed by atoms with Gasteiger partial charge in [0.1, 0.15) is 5.69 Å². The van der Waals surface area contributed by atoms with Crippen molar-refractivity contribution >= 4 is 16.1 Å². The number of aromatic nitrogens is 5. The van der Waals surface area contributed by atoms with Gasteiger partial charge in [-0.1, -0.05) is 13.0 Å². The molecule has 0 aliphatic carbocycles. The van der Waals surface area contributed by atoms with Crippen molar-refractivity contribution in [2.45, 2.75) is 64.6 Å². The summed E-state index contributed by atoms with van der Waals surface area (Å²) in [7, 11) is -4.47. The van der Waals surface area contributed by atoms with E-state index in [-0.39, 0.29) is 34.1 Å². The van der Waals surface area contributed by atoms with Gasteiger partial charge in [-0.15, -0.1) is 0 Å². The first kappa shape index (κ1) is 38.5. The number of amides is 1. The molecule has 0 bridgehead atoms. The Morgan fingerprint density at radius 1 is 0.982 bits per heavy atom. The Kier molecular flexibility index (Phi) is 10.2. The maximum atomic E-state index is 14.3. The number of nitriles is 1. The molecule has 0 saturated heterocycles. The Bertz CT molecular complexity index is 2660. The summed E-state index contributed by atoms with van der Waals surface area (Å²) in [5.74, 6) is 0. The van der Waals surface area contributed by atoms with Crippen molar-refractivity contribution in [3.05, 3.63) is 140 Å². The largest absolute Gasteiger partial charge is 0.416 e. The van der Waals surface area contributed by atoms with Crippen molar-refractivity contribution in [2.24, 2.45) is 0 Å². The summed E-state index contributed by atoms with van der Waals surface area (Å²) in [6.07, 6.45) is -2.60. The van der Waals surface area contributed by atoms with Gasteiger partial charge in [0.15, 0.2) is 0 Å². The summed E-state index contributed by atoms with van der Waals surface area (Å²) in [5, 5.41) is 16.6. The lowest BCUT2D eigenvalue weighted by Gasteiger charge is -2.18. The van der Waals surface area contributed by atoms with Crippen LogP contribution in [0.25, 0.3) is 22.8 Å². The molecule has 0 fully saturated rings. The number of rotatable bonds is 9.